The zero-order chi connectivity index (χ0) is 13.1. The van der Waals surface area contributed by atoms with Crippen molar-refractivity contribution in [3.63, 3.8) is 0 Å². The molecule has 8 nitrogen and oxygen atoms in total. The van der Waals surface area contributed by atoms with Gasteiger partial charge in [-0.05, 0) is 6.07 Å². The van der Waals surface area contributed by atoms with Gasteiger partial charge < -0.3 is 10.7 Å². The second-order valence-electron chi connectivity index (χ2n) is 3.67. The van der Waals surface area contributed by atoms with E-state index in [9.17, 15) is 10.1 Å². The Balaban J connectivity index is 2.32. The molecule has 18 heavy (non-hydrogen) atoms. The van der Waals surface area contributed by atoms with Crippen molar-refractivity contribution in [3.05, 3.63) is 40.6 Å². The Morgan fingerprint density at radius 3 is 2.67 bits per heavy atom. The van der Waals surface area contributed by atoms with Crippen molar-refractivity contribution in [2.24, 2.45) is 12.9 Å². The van der Waals surface area contributed by atoms with Gasteiger partial charge >= 0.3 is 0 Å². The van der Waals surface area contributed by atoms with Gasteiger partial charge in [0.25, 0.3) is 5.69 Å². The van der Waals surface area contributed by atoms with E-state index in [-0.39, 0.29) is 5.69 Å². The number of anilines is 3. The summed E-state index contributed by atoms with van der Waals surface area (Å²) in [6, 6.07) is 6.18. The molecule has 0 amide bonds. The zero-order valence-electron chi connectivity index (χ0n) is 9.62. The maximum Gasteiger partial charge on any atom is 0.273 e. The third-order valence-electron chi connectivity index (χ3n) is 2.28. The molecule has 0 fully saturated rings. The maximum absolute atomic E-state index is 10.8. The van der Waals surface area contributed by atoms with Gasteiger partial charge in [-0.15, -0.1) is 0 Å². The highest BCUT2D eigenvalue weighted by molar-refractivity contribution is 5.67. The molecule has 0 unspecified atom stereocenters. The van der Waals surface area contributed by atoms with Crippen LogP contribution in [0.25, 0.3) is 0 Å². The van der Waals surface area contributed by atoms with Gasteiger partial charge in [-0.25, -0.2) is 0 Å². The first kappa shape index (κ1) is 11.9. The van der Waals surface area contributed by atoms with Gasteiger partial charge in [0.1, 0.15) is 0 Å². The van der Waals surface area contributed by atoms with Gasteiger partial charge in [0.2, 0.25) is 0 Å². The number of nitrogens with zero attached hydrogens (tertiary/aromatic N) is 3. The summed E-state index contributed by atoms with van der Waals surface area (Å²) in [6.07, 6.45) is 1.77. The number of aryl methyl sites for hydroxylation is 1. The summed E-state index contributed by atoms with van der Waals surface area (Å²) in [5.74, 6) is 5.86. The number of non-ortho nitro benzene ring substituents is 1. The lowest BCUT2D eigenvalue weighted by molar-refractivity contribution is -0.384. The highest BCUT2D eigenvalue weighted by Gasteiger charge is 2.10. The second kappa shape index (κ2) is 4.72. The van der Waals surface area contributed by atoms with Crippen LogP contribution < -0.4 is 16.6 Å². The minimum absolute atomic E-state index is 0.0520. The number of nitro benzene ring substituents is 1. The molecule has 0 radical (unpaired) electrons. The first-order valence-electron chi connectivity index (χ1n) is 5.11. The summed E-state index contributed by atoms with van der Waals surface area (Å²) >= 11 is 0. The number of rotatable bonds is 4. The third kappa shape index (κ3) is 2.55. The van der Waals surface area contributed by atoms with Crippen molar-refractivity contribution in [3.8, 4) is 0 Å². The molecule has 94 valence electrons. The number of nitrogen functional groups attached to an aromatic ring is 1. The number of nitro groups is 1. The predicted molar refractivity (Wildman–Crippen MR) is 67.4 cm³/mol. The van der Waals surface area contributed by atoms with E-state index in [0.717, 1.165) is 0 Å². The Hall–Kier alpha value is -2.61. The minimum Gasteiger partial charge on any atom is -0.338 e. The van der Waals surface area contributed by atoms with E-state index in [2.05, 4.69) is 15.8 Å². The SMILES string of the molecule is Cn1ccc(Nc2cc(NN)cc([N+](=O)[O-])c2)n1. The van der Waals surface area contributed by atoms with Crippen LogP contribution in [0.2, 0.25) is 0 Å². The zero-order valence-corrected chi connectivity index (χ0v) is 9.62. The number of hydrogen-bond donors (Lipinski definition) is 3. The third-order valence-corrected chi connectivity index (χ3v) is 2.28. The van der Waals surface area contributed by atoms with E-state index >= 15 is 0 Å². The van der Waals surface area contributed by atoms with E-state index in [1.165, 1.54) is 12.1 Å². The predicted octanol–water partition coefficient (Wildman–Crippen LogP) is 1.36. The summed E-state index contributed by atoms with van der Waals surface area (Å²) in [5, 5.41) is 17.9. The fourth-order valence-corrected chi connectivity index (χ4v) is 1.50. The lowest BCUT2D eigenvalue weighted by Gasteiger charge is -2.06. The molecule has 1 aromatic heterocycles. The first-order valence-corrected chi connectivity index (χ1v) is 5.11. The summed E-state index contributed by atoms with van der Waals surface area (Å²) in [6.45, 7) is 0. The molecular formula is C10H12N6O2. The van der Waals surface area contributed by atoms with Crippen molar-refractivity contribution in [2.75, 3.05) is 10.7 Å². The number of benzene rings is 1. The fourth-order valence-electron chi connectivity index (χ4n) is 1.50. The molecule has 0 spiro atoms. The maximum atomic E-state index is 10.8. The Morgan fingerprint density at radius 2 is 2.11 bits per heavy atom. The highest BCUT2D eigenvalue weighted by Crippen LogP contribution is 2.25. The highest BCUT2D eigenvalue weighted by atomic mass is 16.6. The molecule has 2 rings (SSSR count). The van der Waals surface area contributed by atoms with Gasteiger partial charge in [0, 0.05) is 37.1 Å². The molecular weight excluding hydrogens is 236 g/mol. The van der Waals surface area contributed by atoms with E-state index in [1.807, 2.05) is 0 Å². The molecule has 0 atom stereocenters. The molecule has 0 bridgehead atoms. The molecule has 2 aromatic rings. The van der Waals surface area contributed by atoms with Crippen LogP contribution >= 0.6 is 0 Å². The standard InChI is InChI=1S/C10H12N6O2/c1-15-3-2-10(14-15)12-7-4-8(13-11)6-9(5-7)16(17)18/h2-6,13H,11H2,1H3,(H,12,14). The van der Waals surface area contributed by atoms with E-state index < -0.39 is 4.92 Å². The van der Waals surface area contributed by atoms with Crippen LogP contribution in [0, 0.1) is 10.1 Å². The van der Waals surface area contributed by atoms with Crippen LogP contribution in [-0.4, -0.2) is 14.7 Å². The average molecular weight is 248 g/mol. The topological polar surface area (TPSA) is 111 Å². The quantitative estimate of drug-likeness (QED) is 0.428. The number of nitrogens with two attached hydrogens (primary N) is 1. The number of aromatic nitrogens is 2. The van der Waals surface area contributed by atoms with Crippen molar-refractivity contribution >= 4 is 22.9 Å². The van der Waals surface area contributed by atoms with Gasteiger partial charge in [-0.2, -0.15) is 5.10 Å². The summed E-state index contributed by atoms with van der Waals surface area (Å²) < 4.78 is 1.63. The molecule has 1 aromatic carbocycles. The van der Waals surface area contributed by atoms with Crippen molar-refractivity contribution in [1.82, 2.24) is 9.78 Å². The van der Waals surface area contributed by atoms with Crippen LogP contribution in [-0.2, 0) is 7.05 Å². The molecule has 0 saturated heterocycles. The lowest BCUT2D eigenvalue weighted by atomic mass is 10.2. The van der Waals surface area contributed by atoms with Gasteiger partial charge in [-0.3, -0.25) is 20.6 Å². The number of hydrazine groups is 1. The molecule has 0 saturated carbocycles. The Morgan fingerprint density at radius 1 is 1.39 bits per heavy atom. The van der Waals surface area contributed by atoms with Gasteiger partial charge in [0.05, 0.1) is 10.6 Å². The molecule has 8 heteroatoms. The van der Waals surface area contributed by atoms with Crippen LogP contribution in [0.5, 0.6) is 0 Å². The summed E-state index contributed by atoms with van der Waals surface area (Å²) in [5.41, 5.74) is 3.32. The smallest absolute Gasteiger partial charge is 0.273 e. The van der Waals surface area contributed by atoms with Crippen molar-refractivity contribution < 1.29 is 4.92 Å². The van der Waals surface area contributed by atoms with Crippen molar-refractivity contribution in [1.29, 1.82) is 0 Å². The van der Waals surface area contributed by atoms with E-state index in [1.54, 1.807) is 30.1 Å². The summed E-state index contributed by atoms with van der Waals surface area (Å²) in [4.78, 5) is 10.3. The van der Waals surface area contributed by atoms with Crippen molar-refractivity contribution in [2.45, 2.75) is 0 Å². The lowest BCUT2D eigenvalue weighted by Crippen LogP contribution is -2.07. The molecule has 0 aliphatic carbocycles. The van der Waals surface area contributed by atoms with E-state index in [4.69, 9.17) is 5.84 Å². The van der Waals surface area contributed by atoms with Crippen LogP contribution in [0.15, 0.2) is 30.5 Å². The van der Waals surface area contributed by atoms with Crippen LogP contribution in [0.1, 0.15) is 0 Å². The molecule has 0 aliphatic heterocycles. The number of hydrogen-bond acceptors (Lipinski definition) is 6. The molecule has 0 aliphatic rings. The molecule has 1 heterocycles. The van der Waals surface area contributed by atoms with Gasteiger partial charge in [0.15, 0.2) is 5.82 Å². The Bertz CT molecular complexity index is 579. The minimum atomic E-state index is -0.482. The second-order valence-corrected chi connectivity index (χ2v) is 3.67. The largest absolute Gasteiger partial charge is 0.338 e. The Kier molecular flexibility index (Phi) is 3.11. The van der Waals surface area contributed by atoms with Crippen LogP contribution in [0.3, 0.4) is 0 Å². The van der Waals surface area contributed by atoms with E-state index in [0.29, 0.717) is 17.2 Å². The first-order chi connectivity index (χ1) is 8.58. The van der Waals surface area contributed by atoms with Gasteiger partial charge in [-0.1, -0.05) is 0 Å². The normalized spacial score (nSPS) is 10.1. The average Bonchev–Trinajstić information content (AvgIpc) is 2.74. The Labute approximate surface area is 103 Å². The fraction of sp³-hybridized carbons (Fsp3) is 0.100. The monoisotopic (exact) mass is 248 g/mol. The molecule has 4 N–H and O–H groups in total. The number of nitrogens with one attached hydrogen (secondary N) is 2. The summed E-state index contributed by atoms with van der Waals surface area (Å²) in [7, 11) is 1.78. The van der Waals surface area contributed by atoms with Crippen LogP contribution in [0.4, 0.5) is 22.9 Å².